The van der Waals surface area contributed by atoms with Crippen molar-refractivity contribution < 1.29 is 14.1 Å². The van der Waals surface area contributed by atoms with Crippen molar-refractivity contribution >= 4 is 11.6 Å². The summed E-state index contributed by atoms with van der Waals surface area (Å²) in [5.74, 6) is 1.64. The molecule has 0 saturated carbocycles. The summed E-state index contributed by atoms with van der Waals surface area (Å²) in [6.45, 7) is 4.17. The minimum atomic E-state index is -0.283. The van der Waals surface area contributed by atoms with Crippen molar-refractivity contribution in [3.8, 4) is 5.75 Å². The molecule has 1 N–H and O–H groups in total. The van der Waals surface area contributed by atoms with E-state index >= 15 is 0 Å². The molecule has 0 unspecified atom stereocenters. The summed E-state index contributed by atoms with van der Waals surface area (Å²) >= 11 is 0. The third-order valence-electron chi connectivity index (χ3n) is 2.75. The topological polar surface area (TPSA) is 64.4 Å². The smallest absolute Gasteiger partial charge is 0.277 e. The van der Waals surface area contributed by atoms with Gasteiger partial charge in [0.25, 0.3) is 5.91 Å². The fraction of sp³-hybridized carbons (Fsp3) is 0.333. The Bertz CT molecular complexity index is 573. The molecule has 1 aromatic carbocycles. The van der Waals surface area contributed by atoms with Crippen LogP contribution in [0, 0.1) is 5.92 Å². The zero-order valence-corrected chi connectivity index (χ0v) is 11.8. The minimum absolute atomic E-state index is 0.283. The van der Waals surface area contributed by atoms with Crippen molar-refractivity contribution in [2.75, 3.05) is 12.4 Å². The predicted octanol–water partition coefficient (Wildman–Crippen LogP) is 3.13. The van der Waals surface area contributed by atoms with Crippen molar-refractivity contribution in [1.82, 2.24) is 5.16 Å². The highest BCUT2D eigenvalue weighted by atomic mass is 16.5. The van der Waals surface area contributed by atoms with Crippen molar-refractivity contribution in [3.05, 3.63) is 41.8 Å². The number of carbonyl (C=O) groups is 1. The molecule has 0 radical (unpaired) electrons. The molecule has 20 heavy (non-hydrogen) atoms. The number of ether oxygens (including phenoxy) is 1. The first kappa shape index (κ1) is 14.1. The fourth-order valence-electron chi connectivity index (χ4n) is 1.79. The van der Waals surface area contributed by atoms with E-state index in [9.17, 15) is 4.79 Å². The van der Waals surface area contributed by atoms with Gasteiger partial charge in [-0.2, -0.15) is 0 Å². The first-order chi connectivity index (χ1) is 9.58. The number of nitrogens with zero attached hydrogens (tertiary/aromatic N) is 1. The number of hydrogen-bond donors (Lipinski definition) is 1. The van der Waals surface area contributed by atoms with Gasteiger partial charge in [-0.25, -0.2) is 0 Å². The van der Waals surface area contributed by atoms with Crippen LogP contribution in [-0.2, 0) is 6.42 Å². The molecule has 5 nitrogen and oxygen atoms in total. The first-order valence-electron chi connectivity index (χ1n) is 6.49. The van der Waals surface area contributed by atoms with E-state index in [2.05, 4.69) is 24.3 Å². The average molecular weight is 274 g/mol. The summed E-state index contributed by atoms with van der Waals surface area (Å²) in [4.78, 5) is 12.0. The fourth-order valence-corrected chi connectivity index (χ4v) is 1.79. The van der Waals surface area contributed by atoms with Crippen LogP contribution < -0.4 is 10.1 Å². The monoisotopic (exact) mass is 274 g/mol. The number of benzene rings is 1. The number of amides is 1. The number of rotatable bonds is 5. The number of methoxy groups -OCH3 is 1. The molecule has 1 heterocycles. The molecule has 0 aliphatic rings. The number of aromatic nitrogens is 1. The van der Waals surface area contributed by atoms with Crippen LogP contribution in [0.15, 0.2) is 34.9 Å². The number of anilines is 1. The molecule has 5 heteroatoms. The maximum absolute atomic E-state index is 12.0. The Morgan fingerprint density at radius 1 is 1.35 bits per heavy atom. The maximum Gasteiger partial charge on any atom is 0.277 e. The molecule has 1 amide bonds. The second kappa shape index (κ2) is 6.23. The Balaban J connectivity index is 2.01. The molecule has 0 spiro atoms. The lowest BCUT2D eigenvalue weighted by Gasteiger charge is -2.04. The Labute approximate surface area is 117 Å². The summed E-state index contributed by atoms with van der Waals surface area (Å²) < 4.78 is 10.2. The van der Waals surface area contributed by atoms with Gasteiger partial charge in [-0.15, -0.1) is 0 Å². The molecule has 0 bridgehead atoms. The molecular weight excluding hydrogens is 256 g/mol. The van der Waals surface area contributed by atoms with Gasteiger partial charge >= 0.3 is 0 Å². The van der Waals surface area contributed by atoms with Gasteiger partial charge in [0.05, 0.1) is 7.11 Å². The Kier molecular flexibility index (Phi) is 4.40. The summed E-state index contributed by atoms with van der Waals surface area (Å²) in [5, 5.41) is 6.55. The van der Waals surface area contributed by atoms with Gasteiger partial charge in [-0.1, -0.05) is 19.0 Å². The van der Waals surface area contributed by atoms with Crippen LogP contribution in [0.2, 0.25) is 0 Å². The average Bonchev–Trinajstić information content (AvgIpc) is 2.87. The van der Waals surface area contributed by atoms with E-state index in [-0.39, 0.29) is 11.6 Å². The van der Waals surface area contributed by atoms with E-state index in [4.69, 9.17) is 9.26 Å². The van der Waals surface area contributed by atoms with E-state index in [1.807, 2.05) is 0 Å². The highest BCUT2D eigenvalue weighted by Gasteiger charge is 2.13. The highest BCUT2D eigenvalue weighted by Crippen LogP contribution is 2.16. The first-order valence-corrected chi connectivity index (χ1v) is 6.49. The standard InChI is InChI=1S/C15H18N2O3/c1-10(2)8-13-9-14(17-20-13)15(18)16-11-4-6-12(19-3)7-5-11/h4-7,9-10H,8H2,1-3H3,(H,16,18). The lowest BCUT2D eigenvalue weighted by atomic mass is 10.1. The molecule has 0 saturated heterocycles. The van der Waals surface area contributed by atoms with Crippen LogP contribution in [0.4, 0.5) is 5.69 Å². The molecule has 1 aromatic heterocycles. The Morgan fingerprint density at radius 3 is 2.65 bits per heavy atom. The number of carbonyl (C=O) groups excluding carboxylic acids is 1. The molecule has 2 rings (SSSR count). The molecule has 0 aliphatic carbocycles. The minimum Gasteiger partial charge on any atom is -0.497 e. The SMILES string of the molecule is COc1ccc(NC(=O)c2cc(CC(C)C)on2)cc1. The predicted molar refractivity (Wildman–Crippen MR) is 76.0 cm³/mol. The second-order valence-electron chi connectivity index (χ2n) is 4.96. The van der Waals surface area contributed by atoms with Gasteiger partial charge in [0.1, 0.15) is 11.5 Å². The van der Waals surface area contributed by atoms with Gasteiger partial charge in [0.15, 0.2) is 5.69 Å². The lowest BCUT2D eigenvalue weighted by molar-refractivity contribution is 0.101. The molecule has 0 fully saturated rings. The summed E-state index contributed by atoms with van der Waals surface area (Å²) in [5.41, 5.74) is 0.973. The summed E-state index contributed by atoms with van der Waals surface area (Å²) in [6, 6.07) is 8.78. The third kappa shape index (κ3) is 3.60. The third-order valence-corrected chi connectivity index (χ3v) is 2.75. The molecule has 0 aliphatic heterocycles. The van der Waals surface area contributed by atoms with E-state index < -0.39 is 0 Å². The Hall–Kier alpha value is -2.30. The van der Waals surface area contributed by atoms with Crippen LogP contribution in [0.1, 0.15) is 30.1 Å². The van der Waals surface area contributed by atoms with Crippen LogP contribution in [0.5, 0.6) is 5.75 Å². The van der Waals surface area contributed by atoms with Crippen LogP contribution in [0.25, 0.3) is 0 Å². The number of nitrogens with one attached hydrogen (secondary N) is 1. The van der Waals surface area contributed by atoms with Crippen molar-refractivity contribution in [1.29, 1.82) is 0 Å². The quantitative estimate of drug-likeness (QED) is 0.909. The van der Waals surface area contributed by atoms with Crippen LogP contribution >= 0.6 is 0 Å². The van der Waals surface area contributed by atoms with Crippen LogP contribution in [-0.4, -0.2) is 18.2 Å². The van der Waals surface area contributed by atoms with Gasteiger partial charge in [-0.3, -0.25) is 4.79 Å². The normalized spacial score (nSPS) is 10.6. The van der Waals surface area contributed by atoms with E-state index in [1.165, 1.54) is 0 Å². The summed E-state index contributed by atoms with van der Waals surface area (Å²) in [7, 11) is 1.60. The van der Waals surface area contributed by atoms with Crippen molar-refractivity contribution in [2.24, 2.45) is 5.92 Å². The van der Waals surface area contributed by atoms with E-state index in [0.717, 1.165) is 17.9 Å². The molecule has 106 valence electrons. The zero-order chi connectivity index (χ0) is 14.5. The van der Waals surface area contributed by atoms with Gasteiger partial charge < -0.3 is 14.6 Å². The van der Waals surface area contributed by atoms with E-state index in [1.54, 1.807) is 37.4 Å². The van der Waals surface area contributed by atoms with Gasteiger partial charge in [0.2, 0.25) is 0 Å². The highest BCUT2D eigenvalue weighted by molar-refractivity contribution is 6.02. The summed E-state index contributed by atoms with van der Waals surface area (Å²) in [6.07, 6.45) is 0.767. The van der Waals surface area contributed by atoms with Crippen molar-refractivity contribution in [2.45, 2.75) is 20.3 Å². The van der Waals surface area contributed by atoms with Crippen molar-refractivity contribution in [3.63, 3.8) is 0 Å². The second-order valence-corrected chi connectivity index (χ2v) is 4.96. The molecule has 2 aromatic rings. The maximum atomic E-state index is 12.0. The van der Waals surface area contributed by atoms with Gasteiger partial charge in [0, 0.05) is 18.2 Å². The largest absolute Gasteiger partial charge is 0.497 e. The zero-order valence-electron chi connectivity index (χ0n) is 11.8. The van der Waals surface area contributed by atoms with Crippen LogP contribution in [0.3, 0.4) is 0 Å². The van der Waals surface area contributed by atoms with E-state index in [0.29, 0.717) is 11.6 Å². The molecule has 0 atom stereocenters. The Morgan fingerprint density at radius 2 is 2.05 bits per heavy atom. The number of hydrogen-bond acceptors (Lipinski definition) is 4. The van der Waals surface area contributed by atoms with Gasteiger partial charge in [-0.05, 0) is 30.2 Å². The lowest BCUT2D eigenvalue weighted by Crippen LogP contribution is -2.12. The molecular formula is C15H18N2O3.